The van der Waals surface area contributed by atoms with Gasteiger partial charge in [-0.1, -0.05) is 18.2 Å². The number of Topliss-reactive ketones (excluding diaryl/α,β-unsaturated/α-hetero) is 1. The highest BCUT2D eigenvalue weighted by Gasteiger charge is 2.14. The topological polar surface area (TPSA) is 97.7 Å². The predicted octanol–water partition coefficient (Wildman–Crippen LogP) is 3.79. The number of ketones is 1. The second kappa shape index (κ2) is 10.4. The van der Waals surface area contributed by atoms with Crippen LogP contribution in [0.1, 0.15) is 22.8 Å². The molecule has 0 amide bonds. The van der Waals surface area contributed by atoms with Gasteiger partial charge in [-0.25, -0.2) is 9.55 Å². The van der Waals surface area contributed by atoms with E-state index >= 15 is 0 Å². The largest absolute Gasteiger partial charge is 0.691 e. The molecule has 0 saturated carbocycles. The zero-order valence-electron chi connectivity index (χ0n) is 17.9. The zero-order chi connectivity index (χ0) is 23.2. The van der Waals surface area contributed by atoms with Gasteiger partial charge in [-0.05, 0) is 31.2 Å². The predicted molar refractivity (Wildman–Crippen MR) is 118 cm³/mol. The van der Waals surface area contributed by atoms with Crippen LogP contribution in [-0.4, -0.2) is 17.9 Å². The van der Waals surface area contributed by atoms with E-state index in [1.807, 2.05) is 59.4 Å². The molecular formula is C24H20N2O6S. The van der Waals surface area contributed by atoms with E-state index in [0.717, 1.165) is 28.7 Å². The minimum atomic E-state index is 0.0470. The van der Waals surface area contributed by atoms with Crippen molar-refractivity contribution >= 4 is 17.8 Å². The van der Waals surface area contributed by atoms with Crippen LogP contribution in [0.4, 0.5) is 0 Å². The van der Waals surface area contributed by atoms with Gasteiger partial charge in [0.25, 0.3) is 0 Å². The van der Waals surface area contributed by atoms with Crippen LogP contribution in [0.2, 0.25) is 0 Å². The molecule has 0 aliphatic heterocycles. The fourth-order valence-corrected chi connectivity index (χ4v) is 3.80. The SMILES string of the molecule is COc1ccc(-c2cnc(-c3cc[n+](Cc4cccc(C(C)=O)c4)cc3)o2)cc1SOO[O-]. The second-order valence-corrected chi connectivity index (χ2v) is 7.87. The van der Waals surface area contributed by atoms with Crippen molar-refractivity contribution in [2.75, 3.05) is 7.11 Å². The van der Waals surface area contributed by atoms with Gasteiger partial charge in [0.1, 0.15) is 5.75 Å². The van der Waals surface area contributed by atoms with E-state index in [-0.39, 0.29) is 5.78 Å². The molecule has 0 bridgehead atoms. The Kier molecular flexibility index (Phi) is 7.16. The molecule has 4 aromatic rings. The normalized spacial score (nSPS) is 10.9. The van der Waals surface area contributed by atoms with Gasteiger partial charge in [0, 0.05) is 34.4 Å². The Morgan fingerprint density at radius 2 is 1.94 bits per heavy atom. The average Bonchev–Trinajstić information content (AvgIpc) is 3.33. The minimum Gasteiger partial charge on any atom is -0.691 e. The van der Waals surface area contributed by atoms with Gasteiger partial charge in [0.15, 0.2) is 30.5 Å². The lowest BCUT2D eigenvalue weighted by atomic mass is 10.1. The van der Waals surface area contributed by atoms with Crippen molar-refractivity contribution < 1.29 is 33.1 Å². The van der Waals surface area contributed by atoms with Gasteiger partial charge in [0.2, 0.25) is 5.89 Å². The first-order valence-corrected chi connectivity index (χ1v) is 10.7. The Morgan fingerprint density at radius 1 is 1.12 bits per heavy atom. The first kappa shape index (κ1) is 22.7. The second-order valence-electron chi connectivity index (χ2n) is 7.13. The summed E-state index contributed by atoms with van der Waals surface area (Å²) in [5.74, 6) is 1.60. The average molecular weight is 464 g/mol. The van der Waals surface area contributed by atoms with Crippen LogP contribution in [0.3, 0.4) is 0 Å². The molecule has 0 saturated heterocycles. The standard InChI is InChI=1S/C24H20N2O6S/c1-16(27)19-5-3-4-17(12-19)15-26-10-8-18(9-11-26)24-25-14-22(30-24)20-6-7-21(29-2)23(13-20)33-32-31-28/h3-14H,15H2,1-2H3. The molecule has 0 aliphatic carbocycles. The summed E-state index contributed by atoms with van der Waals surface area (Å²) in [6.45, 7) is 2.20. The molecule has 4 rings (SSSR count). The fourth-order valence-electron chi connectivity index (χ4n) is 3.29. The highest BCUT2D eigenvalue weighted by atomic mass is 32.2. The van der Waals surface area contributed by atoms with Crippen LogP contribution in [-0.2, 0) is 15.9 Å². The third-order valence-corrected chi connectivity index (χ3v) is 5.56. The van der Waals surface area contributed by atoms with Crippen LogP contribution in [0.5, 0.6) is 5.75 Å². The lowest BCUT2D eigenvalue weighted by molar-refractivity contribution is -0.777. The number of methoxy groups -OCH3 is 1. The molecule has 9 heteroatoms. The lowest BCUT2D eigenvalue weighted by Crippen LogP contribution is -2.33. The van der Waals surface area contributed by atoms with Crippen molar-refractivity contribution in [3.05, 3.63) is 84.3 Å². The molecule has 0 N–H and O–H groups in total. The van der Waals surface area contributed by atoms with E-state index in [4.69, 9.17) is 9.15 Å². The van der Waals surface area contributed by atoms with E-state index in [9.17, 15) is 10.1 Å². The fraction of sp³-hybridized carbons (Fsp3) is 0.125. The summed E-state index contributed by atoms with van der Waals surface area (Å²) in [5.41, 5.74) is 3.30. The molecule has 33 heavy (non-hydrogen) atoms. The molecule has 8 nitrogen and oxygen atoms in total. The monoisotopic (exact) mass is 464 g/mol. The smallest absolute Gasteiger partial charge is 0.227 e. The van der Waals surface area contributed by atoms with Crippen molar-refractivity contribution in [1.82, 2.24) is 4.98 Å². The summed E-state index contributed by atoms with van der Waals surface area (Å²) in [6, 6.07) is 16.7. The number of rotatable bonds is 9. The van der Waals surface area contributed by atoms with E-state index < -0.39 is 0 Å². The first-order valence-electron chi connectivity index (χ1n) is 9.94. The number of pyridine rings is 1. The summed E-state index contributed by atoms with van der Waals surface area (Å²) in [5, 5.41) is 13.6. The summed E-state index contributed by atoms with van der Waals surface area (Å²) in [4.78, 5) is 16.5. The van der Waals surface area contributed by atoms with Crippen LogP contribution in [0, 0.1) is 0 Å². The molecule has 0 aliphatic rings. The quantitative estimate of drug-likeness (QED) is 0.121. The maximum atomic E-state index is 11.6. The number of benzene rings is 2. The molecule has 2 aromatic carbocycles. The third kappa shape index (κ3) is 5.47. The Hall–Kier alpha value is -3.50. The van der Waals surface area contributed by atoms with Gasteiger partial charge in [-0.15, -0.1) is 0 Å². The van der Waals surface area contributed by atoms with Crippen LogP contribution in [0.15, 0.2) is 82.5 Å². The summed E-state index contributed by atoms with van der Waals surface area (Å²) >= 11 is 0.745. The van der Waals surface area contributed by atoms with E-state index in [1.165, 1.54) is 7.11 Å². The minimum absolute atomic E-state index is 0.0470. The maximum absolute atomic E-state index is 11.6. The van der Waals surface area contributed by atoms with Gasteiger partial charge >= 0.3 is 0 Å². The highest BCUT2D eigenvalue weighted by Crippen LogP contribution is 2.35. The highest BCUT2D eigenvalue weighted by molar-refractivity contribution is 7.94. The molecule has 2 aromatic heterocycles. The van der Waals surface area contributed by atoms with E-state index in [2.05, 4.69) is 14.4 Å². The lowest BCUT2D eigenvalue weighted by Gasteiger charge is -2.09. The van der Waals surface area contributed by atoms with Crippen molar-refractivity contribution in [1.29, 1.82) is 0 Å². The van der Waals surface area contributed by atoms with Gasteiger partial charge < -0.3 is 14.4 Å². The van der Waals surface area contributed by atoms with Crippen LogP contribution in [0.25, 0.3) is 22.8 Å². The Bertz CT molecular complexity index is 1260. The first-order chi connectivity index (χ1) is 16.1. The number of ether oxygens (including phenoxy) is 1. The summed E-state index contributed by atoms with van der Waals surface area (Å²) in [7, 11) is 1.52. The van der Waals surface area contributed by atoms with Gasteiger partial charge in [-0.3, -0.25) is 9.83 Å². The maximum Gasteiger partial charge on any atom is 0.227 e. The number of hydrogen-bond donors (Lipinski definition) is 0. The molecule has 168 valence electrons. The third-order valence-electron chi connectivity index (χ3n) is 4.94. The number of carbonyl (C=O) groups excluding carboxylic acids is 1. The number of oxazole rings is 1. The van der Waals surface area contributed by atoms with Crippen molar-refractivity contribution in [2.24, 2.45) is 0 Å². The van der Waals surface area contributed by atoms with Crippen molar-refractivity contribution in [2.45, 2.75) is 18.4 Å². The van der Waals surface area contributed by atoms with Gasteiger partial charge in [-0.2, -0.15) is 4.33 Å². The van der Waals surface area contributed by atoms with Crippen LogP contribution >= 0.6 is 12.0 Å². The van der Waals surface area contributed by atoms with E-state index in [0.29, 0.717) is 34.4 Å². The van der Waals surface area contributed by atoms with Crippen LogP contribution < -0.4 is 14.6 Å². The Morgan fingerprint density at radius 3 is 2.67 bits per heavy atom. The molecular weight excluding hydrogens is 444 g/mol. The van der Waals surface area contributed by atoms with E-state index in [1.54, 1.807) is 25.3 Å². The number of nitrogens with zero attached hydrogens (tertiary/aromatic N) is 2. The van der Waals surface area contributed by atoms with Crippen molar-refractivity contribution in [3.63, 3.8) is 0 Å². The zero-order valence-corrected chi connectivity index (χ0v) is 18.7. The number of hydrogen-bond acceptors (Lipinski definition) is 8. The number of aromatic nitrogens is 2. The summed E-state index contributed by atoms with van der Waals surface area (Å²) in [6.07, 6.45) is 5.49. The molecule has 0 spiro atoms. The van der Waals surface area contributed by atoms with Crippen molar-refractivity contribution in [3.8, 4) is 28.5 Å². The molecule has 2 heterocycles. The molecule has 0 atom stereocenters. The molecule has 0 radical (unpaired) electrons. The number of carbonyl (C=O) groups is 1. The Labute approximate surface area is 194 Å². The molecule has 0 unspecified atom stereocenters. The van der Waals surface area contributed by atoms with Gasteiger partial charge in [0.05, 0.1) is 30.2 Å². The summed E-state index contributed by atoms with van der Waals surface area (Å²) < 4.78 is 17.6. The Balaban J connectivity index is 1.51. The molecule has 0 fully saturated rings.